The van der Waals surface area contributed by atoms with Gasteiger partial charge in [0, 0.05) is 31.8 Å². The normalized spacial score (nSPS) is 31.4. The average Bonchev–Trinajstić information content (AvgIpc) is 2.70. The lowest BCUT2D eigenvalue weighted by Crippen LogP contribution is -2.38. The molecule has 1 aliphatic heterocycles. The van der Waals surface area contributed by atoms with Crippen LogP contribution in [0.4, 0.5) is 8.78 Å². The first-order chi connectivity index (χ1) is 8.80. The molecule has 0 radical (unpaired) electrons. The van der Waals surface area contributed by atoms with Gasteiger partial charge in [-0.2, -0.15) is 0 Å². The van der Waals surface area contributed by atoms with Crippen LogP contribution in [0.2, 0.25) is 0 Å². The van der Waals surface area contributed by atoms with Crippen LogP contribution in [0.25, 0.3) is 0 Å². The highest BCUT2D eigenvalue weighted by Crippen LogP contribution is 2.37. The van der Waals surface area contributed by atoms with Gasteiger partial charge in [-0.3, -0.25) is 9.59 Å². The molecule has 6 heteroatoms. The largest absolute Gasteiger partial charge is 0.481 e. The summed E-state index contributed by atoms with van der Waals surface area (Å²) in [7, 11) is 0. The fourth-order valence-corrected chi connectivity index (χ4v) is 3.01. The molecule has 19 heavy (non-hydrogen) atoms. The van der Waals surface area contributed by atoms with E-state index in [0.717, 1.165) is 0 Å². The van der Waals surface area contributed by atoms with Crippen molar-refractivity contribution in [2.75, 3.05) is 13.1 Å². The van der Waals surface area contributed by atoms with Crippen LogP contribution < -0.4 is 0 Å². The number of carbonyl (C=O) groups is 2. The topological polar surface area (TPSA) is 57.6 Å². The van der Waals surface area contributed by atoms with Gasteiger partial charge in [-0.15, -0.1) is 0 Å². The number of alkyl halides is 2. The summed E-state index contributed by atoms with van der Waals surface area (Å²) in [5.41, 5.74) is 0. The van der Waals surface area contributed by atoms with Crippen LogP contribution in [0, 0.1) is 17.8 Å². The van der Waals surface area contributed by atoms with Gasteiger partial charge in [-0.05, 0) is 18.8 Å². The van der Waals surface area contributed by atoms with Crippen LogP contribution in [0.15, 0.2) is 0 Å². The molecule has 0 aromatic heterocycles. The zero-order valence-electron chi connectivity index (χ0n) is 10.9. The Kier molecular flexibility index (Phi) is 3.78. The minimum absolute atomic E-state index is 0.0773. The average molecular weight is 275 g/mol. The molecule has 0 aromatic carbocycles. The van der Waals surface area contributed by atoms with Gasteiger partial charge in [0.05, 0.1) is 5.92 Å². The number of aliphatic carboxylic acids is 1. The van der Waals surface area contributed by atoms with E-state index in [9.17, 15) is 18.4 Å². The molecule has 4 nitrogen and oxygen atoms in total. The maximum Gasteiger partial charge on any atom is 0.308 e. The standard InChI is InChI=1S/C13H19F2NO3/c1-8-6-16(7-10(8)12(18)19)11(17)9-2-4-13(14,15)5-3-9/h8-10H,2-7H2,1H3,(H,18,19). The third-order valence-corrected chi connectivity index (χ3v) is 4.31. The molecule has 2 fully saturated rings. The van der Waals surface area contributed by atoms with E-state index in [1.54, 1.807) is 6.92 Å². The van der Waals surface area contributed by atoms with Gasteiger partial charge in [0.25, 0.3) is 0 Å². The summed E-state index contributed by atoms with van der Waals surface area (Å²) in [6, 6.07) is 0. The number of nitrogens with zero attached hydrogens (tertiary/aromatic N) is 1. The van der Waals surface area contributed by atoms with Crippen molar-refractivity contribution in [3.8, 4) is 0 Å². The first-order valence-corrected chi connectivity index (χ1v) is 6.69. The summed E-state index contributed by atoms with van der Waals surface area (Å²) in [5.74, 6) is -4.65. The molecule has 1 amide bonds. The highest BCUT2D eigenvalue weighted by molar-refractivity contribution is 5.81. The Labute approximate surface area is 110 Å². The van der Waals surface area contributed by atoms with Crippen molar-refractivity contribution < 1.29 is 23.5 Å². The van der Waals surface area contributed by atoms with Gasteiger partial charge in [-0.1, -0.05) is 6.92 Å². The fraction of sp³-hybridized carbons (Fsp3) is 0.846. The molecule has 2 aliphatic rings. The summed E-state index contributed by atoms with van der Waals surface area (Å²) in [4.78, 5) is 24.8. The van der Waals surface area contributed by atoms with Gasteiger partial charge >= 0.3 is 5.97 Å². The summed E-state index contributed by atoms with van der Waals surface area (Å²) in [6.45, 7) is 2.44. The Morgan fingerprint density at radius 3 is 2.26 bits per heavy atom. The van der Waals surface area contributed by atoms with Gasteiger partial charge in [0.1, 0.15) is 0 Å². The fourth-order valence-electron chi connectivity index (χ4n) is 3.01. The van der Waals surface area contributed by atoms with E-state index in [0.29, 0.717) is 6.54 Å². The van der Waals surface area contributed by atoms with Crippen LogP contribution in [-0.2, 0) is 9.59 Å². The molecular formula is C13H19F2NO3. The van der Waals surface area contributed by atoms with E-state index in [1.807, 2.05) is 0 Å². The molecule has 0 aromatic rings. The molecule has 0 spiro atoms. The number of carbonyl (C=O) groups excluding carboxylic acids is 1. The summed E-state index contributed by atoms with van der Waals surface area (Å²) < 4.78 is 26.1. The molecule has 0 bridgehead atoms. The van der Waals surface area contributed by atoms with Crippen molar-refractivity contribution in [1.29, 1.82) is 0 Å². The van der Waals surface area contributed by atoms with E-state index in [4.69, 9.17) is 5.11 Å². The van der Waals surface area contributed by atoms with Crippen molar-refractivity contribution in [3.05, 3.63) is 0 Å². The first-order valence-electron chi connectivity index (χ1n) is 6.69. The minimum atomic E-state index is -2.64. The van der Waals surface area contributed by atoms with E-state index in [-0.39, 0.29) is 50.0 Å². The van der Waals surface area contributed by atoms with Gasteiger partial charge in [0.2, 0.25) is 11.8 Å². The molecule has 108 valence electrons. The van der Waals surface area contributed by atoms with Crippen LogP contribution in [0.5, 0.6) is 0 Å². The second-order valence-electron chi connectivity index (χ2n) is 5.80. The second kappa shape index (κ2) is 5.06. The van der Waals surface area contributed by atoms with E-state index >= 15 is 0 Å². The summed E-state index contributed by atoms with van der Waals surface area (Å²) in [6.07, 6.45) is -0.0762. The maximum absolute atomic E-state index is 13.0. The third-order valence-electron chi connectivity index (χ3n) is 4.31. The molecule has 1 saturated carbocycles. The monoisotopic (exact) mass is 275 g/mol. The molecule has 2 unspecified atom stereocenters. The highest BCUT2D eigenvalue weighted by Gasteiger charge is 2.42. The van der Waals surface area contributed by atoms with Crippen molar-refractivity contribution in [1.82, 2.24) is 4.90 Å². The molecule has 1 aliphatic carbocycles. The Balaban J connectivity index is 1.93. The smallest absolute Gasteiger partial charge is 0.308 e. The van der Waals surface area contributed by atoms with Gasteiger partial charge in [0.15, 0.2) is 0 Å². The Morgan fingerprint density at radius 2 is 1.79 bits per heavy atom. The lowest BCUT2D eigenvalue weighted by molar-refractivity contribution is -0.142. The van der Waals surface area contributed by atoms with Gasteiger partial charge < -0.3 is 10.0 Å². The number of carboxylic acid groups (broad SMARTS) is 1. The molecule has 2 rings (SSSR count). The van der Waals surface area contributed by atoms with Crippen molar-refractivity contribution >= 4 is 11.9 Å². The lowest BCUT2D eigenvalue weighted by Gasteiger charge is -2.30. The number of amides is 1. The molecule has 1 saturated heterocycles. The quantitative estimate of drug-likeness (QED) is 0.838. The number of carboxylic acids is 1. The number of hydrogen-bond donors (Lipinski definition) is 1. The highest BCUT2D eigenvalue weighted by atomic mass is 19.3. The van der Waals surface area contributed by atoms with Crippen molar-refractivity contribution in [2.24, 2.45) is 17.8 Å². The third kappa shape index (κ3) is 3.04. The van der Waals surface area contributed by atoms with E-state index < -0.39 is 17.8 Å². The first kappa shape index (κ1) is 14.2. The SMILES string of the molecule is CC1CN(C(=O)C2CCC(F)(F)CC2)CC1C(=O)O. The predicted molar refractivity (Wildman–Crippen MR) is 63.8 cm³/mol. The summed E-state index contributed by atoms with van der Waals surface area (Å²) >= 11 is 0. The van der Waals surface area contributed by atoms with Crippen LogP contribution >= 0.6 is 0 Å². The van der Waals surface area contributed by atoms with Crippen LogP contribution in [0.1, 0.15) is 32.6 Å². The minimum Gasteiger partial charge on any atom is -0.481 e. The Morgan fingerprint density at radius 1 is 1.21 bits per heavy atom. The van der Waals surface area contributed by atoms with E-state index in [2.05, 4.69) is 0 Å². The lowest BCUT2D eigenvalue weighted by atomic mass is 9.86. The van der Waals surface area contributed by atoms with Crippen molar-refractivity contribution in [3.63, 3.8) is 0 Å². The Hall–Kier alpha value is -1.20. The zero-order valence-corrected chi connectivity index (χ0v) is 10.9. The second-order valence-corrected chi connectivity index (χ2v) is 5.80. The molecular weight excluding hydrogens is 256 g/mol. The van der Waals surface area contributed by atoms with Crippen LogP contribution in [-0.4, -0.2) is 40.9 Å². The van der Waals surface area contributed by atoms with Crippen LogP contribution in [0.3, 0.4) is 0 Å². The maximum atomic E-state index is 13.0. The molecule has 1 N–H and O–H groups in total. The predicted octanol–water partition coefficient (Wildman–Crippen LogP) is 1.99. The molecule has 1 heterocycles. The number of halogens is 2. The van der Waals surface area contributed by atoms with Crippen molar-refractivity contribution in [2.45, 2.75) is 38.5 Å². The van der Waals surface area contributed by atoms with E-state index in [1.165, 1.54) is 4.90 Å². The molecule has 2 atom stereocenters. The number of rotatable bonds is 2. The van der Waals surface area contributed by atoms with Gasteiger partial charge in [-0.25, -0.2) is 8.78 Å². The zero-order chi connectivity index (χ0) is 14.2. The number of hydrogen-bond acceptors (Lipinski definition) is 2. The summed E-state index contributed by atoms with van der Waals surface area (Å²) in [5, 5.41) is 9.03. The Bertz CT molecular complexity index is 376. The number of likely N-dealkylation sites (tertiary alicyclic amines) is 1.